The monoisotopic (exact) mass is 382 g/mol. The molecule has 1 atom stereocenters. The summed E-state index contributed by atoms with van der Waals surface area (Å²) in [5, 5.41) is 10.8. The highest BCUT2D eigenvalue weighted by Crippen LogP contribution is 2.40. The van der Waals surface area contributed by atoms with Gasteiger partial charge in [-0.3, -0.25) is 9.59 Å². The van der Waals surface area contributed by atoms with E-state index in [1.54, 1.807) is 48.5 Å². The first-order valence-corrected chi connectivity index (χ1v) is 9.14. The maximum atomic E-state index is 14.6. The van der Waals surface area contributed by atoms with Crippen molar-refractivity contribution in [3.05, 3.63) is 77.1 Å². The number of amides is 1. The van der Waals surface area contributed by atoms with Gasteiger partial charge in [0.1, 0.15) is 11.6 Å². The van der Waals surface area contributed by atoms with Crippen molar-refractivity contribution in [1.82, 2.24) is 9.80 Å². The predicted octanol–water partition coefficient (Wildman–Crippen LogP) is 3.20. The first-order chi connectivity index (χ1) is 13.4. The summed E-state index contributed by atoms with van der Waals surface area (Å²) in [6.07, 6.45) is 0.621. The van der Waals surface area contributed by atoms with Crippen molar-refractivity contribution < 1.29 is 19.1 Å². The van der Waals surface area contributed by atoms with E-state index in [1.165, 1.54) is 11.0 Å². The minimum Gasteiger partial charge on any atom is -0.507 e. The second-order valence-electron chi connectivity index (χ2n) is 7.04. The molecule has 1 aliphatic heterocycles. The molecule has 0 radical (unpaired) electrons. The average molecular weight is 382 g/mol. The molecule has 1 aliphatic rings. The van der Waals surface area contributed by atoms with Crippen LogP contribution in [0.5, 0.6) is 0 Å². The number of nitrogens with zero attached hydrogens (tertiary/aromatic N) is 2. The number of halogens is 1. The number of aliphatic hydroxyl groups is 1. The number of hydrogen-bond donors (Lipinski definition) is 1. The summed E-state index contributed by atoms with van der Waals surface area (Å²) >= 11 is 0. The molecule has 1 amide bonds. The lowest BCUT2D eigenvalue weighted by atomic mass is 9.95. The summed E-state index contributed by atoms with van der Waals surface area (Å²) < 4.78 is 14.6. The van der Waals surface area contributed by atoms with E-state index in [0.29, 0.717) is 18.5 Å². The van der Waals surface area contributed by atoms with E-state index in [2.05, 4.69) is 0 Å². The zero-order chi connectivity index (χ0) is 20.3. The van der Waals surface area contributed by atoms with Crippen LogP contribution >= 0.6 is 0 Å². The molecule has 1 N–H and O–H groups in total. The van der Waals surface area contributed by atoms with Crippen LogP contribution in [0.25, 0.3) is 5.76 Å². The second-order valence-corrected chi connectivity index (χ2v) is 7.04. The predicted molar refractivity (Wildman–Crippen MR) is 105 cm³/mol. The Morgan fingerprint density at radius 2 is 1.71 bits per heavy atom. The van der Waals surface area contributed by atoms with Gasteiger partial charge in [-0.1, -0.05) is 48.5 Å². The van der Waals surface area contributed by atoms with Crippen LogP contribution in [-0.4, -0.2) is 53.8 Å². The van der Waals surface area contributed by atoms with Crippen LogP contribution in [0.1, 0.15) is 23.6 Å². The lowest BCUT2D eigenvalue weighted by molar-refractivity contribution is -0.140. The van der Waals surface area contributed by atoms with Crippen LogP contribution in [0, 0.1) is 5.82 Å². The Kier molecular flexibility index (Phi) is 5.90. The van der Waals surface area contributed by atoms with Crippen LogP contribution in [0.3, 0.4) is 0 Å². The lowest BCUT2D eigenvalue weighted by Gasteiger charge is -2.26. The average Bonchev–Trinajstić information content (AvgIpc) is 2.93. The van der Waals surface area contributed by atoms with Gasteiger partial charge in [0, 0.05) is 17.7 Å². The van der Waals surface area contributed by atoms with Gasteiger partial charge in [0.25, 0.3) is 11.7 Å². The van der Waals surface area contributed by atoms with Crippen molar-refractivity contribution in [3.63, 3.8) is 0 Å². The van der Waals surface area contributed by atoms with E-state index in [9.17, 15) is 19.1 Å². The fourth-order valence-corrected chi connectivity index (χ4v) is 3.44. The highest BCUT2D eigenvalue weighted by Gasteiger charge is 2.46. The van der Waals surface area contributed by atoms with Crippen molar-refractivity contribution in [2.75, 3.05) is 27.2 Å². The third-order valence-electron chi connectivity index (χ3n) is 4.79. The third-order valence-corrected chi connectivity index (χ3v) is 4.79. The van der Waals surface area contributed by atoms with E-state index in [-0.39, 0.29) is 23.4 Å². The largest absolute Gasteiger partial charge is 0.507 e. The molecule has 1 fully saturated rings. The fraction of sp³-hybridized carbons (Fsp3) is 0.273. The smallest absolute Gasteiger partial charge is 0.295 e. The minimum absolute atomic E-state index is 0.0776. The quantitative estimate of drug-likeness (QED) is 0.474. The van der Waals surface area contributed by atoms with Gasteiger partial charge < -0.3 is 14.9 Å². The van der Waals surface area contributed by atoms with Crippen LogP contribution in [0.4, 0.5) is 4.39 Å². The van der Waals surface area contributed by atoms with Gasteiger partial charge in [-0.25, -0.2) is 4.39 Å². The fourth-order valence-electron chi connectivity index (χ4n) is 3.44. The van der Waals surface area contributed by atoms with Crippen molar-refractivity contribution in [3.8, 4) is 0 Å². The number of benzene rings is 2. The van der Waals surface area contributed by atoms with Crippen LogP contribution in [0.2, 0.25) is 0 Å². The standard InChI is InChI=1S/C22H23FN2O3/c1-24(2)13-8-14-25-19(16-11-6-7-12-17(16)23)18(21(27)22(25)28)20(26)15-9-4-3-5-10-15/h3-7,9-12,19,26H,8,13-14H2,1-2H3/b20-18+/t19-/m0/s1. The molecule has 28 heavy (non-hydrogen) atoms. The molecule has 5 nitrogen and oxygen atoms in total. The Hall–Kier alpha value is -2.99. The van der Waals surface area contributed by atoms with Crippen LogP contribution in [-0.2, 0) is 9.59 Å². The Morgan fingerprint density at radius 3 is 2.36 bits per heavy atom. The first-order valence-electron chi connectivity index (χ1n) is 9.14. The Bertz CT molecular complexity index is 909. The molecule has 0 saturated carbocycles. The van der Waals surface area contributed by atoms with E-state index >= 15 is 0 Å². The molecule has 146 valence electrons. The number of ketones is 1. The number of rotatable bonds is 6. The zero-order valence-electron chi connectivity index (χ0n) is 15.9. The van der Waals surface area contributed by atoms with E-state index in [0.717, 1.165) is 0 Å². The van der Waals surface area contributed by atoms with Gasteiger partial charge >= 0.3 is 0 Å². The normalized spacial score (nSPS) is 18.9. The van der Waals surface area contributed by atoms with E-state index in [1.807, 2.05) is 19.0 Å². The number of carbonyl (C=O) groups is 2. The number of carbonyl (C=O) groups excluding carboxylic acids is 2. The first kappa shape index (κ1) is 19.8. The molecule has 0 aromatic heterocycles. The molecular weight excluding hydrogens is 359 g/mol. The molecule has 2 aromatic rings. The number of likely N-dealkylation sites (tertiary alicyclic amines) is 1. The molecule has 0 aliphatic carbocycles. The highest BCUT2D eigenvalue weighted by atomic mass is 19.1. The molecule has 0 unspecified atom stereocenters. The lowest BCUT2D eigenvalue weighted by Crippen LogP contribution is -2.32. The van der Waals surface area contributed by atoms with Crippen LogP contribution in [0.15, 0.2) is 60.2 Å². The molecule has 1 saturated heterocycles. The van der Waals surface area contributed by atoms with Crippen molar-refractivity contribution in [1.29, 1.82) is 0 Å². The molecule has 1 heterocycles. The zero-order valence-corrected chi connectivity index (χ0v) is 15.9. The van der Waals surface area contributed by atoms with Crippen molar-refractivity contribution in [2.24, 2.45) is 0 Å². The molecule has 0 bridgehead atoms. The topological polar surface area (TPSA) is 60.9 Å². The molecular formula is C22H23FN2O3. The summed E-state index contributed by atoms with van der Waals surface area (Å²) in [6, 6.07) is 13.6. The molecule has 0 spiro atoms. The Morgan fingerprint density at radius 1 is 1.07 bits per heavy atom. The number of aliphatic hydroxyl groups excluding tert-OH is 1. The summed E-state index contributed by atoms with van der Waals surface area (Å²) in [4.78, 5) is 28.8. The maximum absolute atomic E-state index is 14.6. The van der Waals surface area contributed by atoms with Crippen molar-refractivity contribution in [2.45, 2.75) is 12.5 Å². The Labute approximate surface area is 163 Å². The molecule has 6 heteroatoms. The van der Waals surface area contributed by atoms with Crippen molar-refractivity contribution >= 4 is 17.4 Å². The summed E-state index contributed by atoms with van der Waals surface area (Å²) in [6.45, 7) is 0.999. The summed E-state index contributed by atoms with van der Waals surface area (Å²) in [5.74, 6) is -2.32. The summed E-state index contributed by atoms with van der Waals surface area (Å²) in [7, 11) is 3.83. The SMILES string of the molecule is CN(C)CCCN1C(=O)C(=O)/C(=C(/O)c2ccccc2)[C@@H]1c1ccccc1F. The summed E-state index contributed by atoms with van der Waals surface area (Å²) in [5.41, 5.74) is 0.533. The second kappa shape index (κ2) is 8.35. The number of Topliss-reactive ketones (excluding diaryl/α,β-unsaturated/α-hetero) is 1. The minimum atomic E-state index is -0.955. The van der Waals surface area contributed by atoms with Gasteiger partial charge in [-0.05, 0) is 33.1 Å². The maximum Gasteiger partial charge on any atom is 0.295 e. The van der Waals surface area contributed by atoms with Gasteiger partial charge in [0.2, 0.25) is 0 Å². The van der Waals surface area contributed by atoms with Gasteiger partial charge in [-0.15, -0.1) is 0 Å². The van der Waals surface area contributed by atoms with Gasteiger partial charge in [0.05, 0.1) is 11.6 Å². The van der Waals surface area contributed by atoms with E-state index < -0.39 is 23.5 Å². The van der Waals surface area contributed by atoms with Gasteiger partial charge in [0.15, 0.2) is 0 Å². The van der Waals surface area contributed by atoms with Crippen LogP contribution < -0.4 is 0 Å². The molecule has 2 aromatic carbocycles. The van der Waals surface area contributed by atoms with E-state index in [4.69, 9.17) is 0 Å². The number of hydrogen-bond acceptors (Lipinski definition) is 4. The highest BCUT2D eigenvalue weighted by molar-refractivity contribution is 6.46. The van der Waals surface area contributed by atoms with Gasteiger partial charge in [-0.2, -0.15) is 0 Å². The Balaban J connectivity index is 2.10. The third kappa shape index (κ3) is 3.82. The molecule has 3 rings (SSSR count).